The number of anilines is 1. The summed E-state index contributed by atoms with van der Waals surface area (Å²) in [7, 11) is 0. The normalized spacial score (nSPS) is 19.8. The monoisotopic (exact) mass is 400 g/mol. The molecule has 1 aliphatic heterocycles. The van der Waals surface area contributed by atoms with Crippen LogP contribution in [0.2, 0.25) is 0 Å². The minimum Gasteiger partial charge on any atom is -0.473 e. The van der Waals surface area contributed by atoms with Gasteiger partial charge in [0.25, 0.3) is 0 Å². The second-order valence-electron chi connectivity index (χ2n) is 7.05. The molecule has 0 saturated carbocycles. The van der Waals surface area contributed by atoms with Crippen molar-refractivity contribution >= 4 is 33.3 Å². The number of ether oxygens (including phenoxy) is 1. The van der Waals surface area contributed by atoms with Gasteiger partial charge >= 0.3 is 0 Å². The number of rotatable bonds is 5. The van der Waals surface area contributed by atoms with Gasteiger partial charge in [-0.05, 0) is 25.1 Å². The maximum Gasteiger partial charge on any atom is 0.223 e. The Kier molecular flexibility index (Phi) is 5.23. The van der Waals surface area contributed by atoms with Gasteiger partial charge in [0.05, 0.1) is 5.52 Å². The summed E-state index contributed by atoms with van der Waals surface area (Å²) in [5.74, 6) is 0.0931. The van der Waals surface area contributed by atoms with E-state index in [2.05, 4.69) is 27.1 Å². The van der Waals surface area contributed by atoms with Gasteiger partial charge in [-0.1, -0.05) is 0 Å². The van der Waals surface area contributed by atoms with E-state index in [0.717, 1.165) is 29.8 Å². The van der Waals surface area contributed by atoms with Gasteiger partial charge in [-0.3, -0.25) is 9.69 Å². The second kappa shape index (κ2) is 7.81. The van der Waals surface area contributed by atoms with Crippen molar-refractivity contribution < 1.29 is 13.9 Å². The van der Waals surface area contributed by atoms with E-state index in [1.807, 2.05) is 12.1 Å². The van der Waals surface area contributed by atoms with Gasteiger partial charge in [-0.25, -0.2) is 14.4 Å². The SMILES string of the molecule is CC(=O)Nc1ncc(CN2C[C@H](Oc3ccc4ccc(F)cc4n3)C[C@@H]2C)s1. The van der Waals surface area contributed by atoms with Gasteiger partial charge in [-0.2, -0.15) is 0 Å². The number of nitrogens with zero attached hydrogens (tertiary/aromatic N) is 3. The fraction of sp³-hybridized carbons (Fsp3) is 0.350. The Hall–Kier alpha value is -2.58. The van der Waals surface area contributed by atoms with Crippen LogP contribution in [-0.2, 0) is 11.3 Å². The molecular formula is C20H21FN4O2S. The van der Waals surface area contributed by atoms with Gasteiger partial charge in [0, 0.05) is 61.1 Å². The molecule has 0 radical (unpaired) electrons. The zero-order chi connectivity index (χ0) is 19.7. The number of aromatic nitrogens is 2. The number of carbonyl (C=O) groups is 1. The van der Waals surface area contributed by atoms with Crippen LogP contribution in [0.15, 0.2) is 36.5 Å². The van der Waals surface area contributed by atoms with Gasteiger partial charge < -0.3 is 10.1 Å². The summed E-state index contributed by atoms with van der Waals surface area (Å²) in [5.41, 5.74) is 0.593. The van der Waals surface area contributed by atoms with Gasteiger partial charge in [0.15, 0.2) is 5.13 Å². The van der Waals surface area contributed by atoms with Crippen LogP contribution in [0, 0.1) is 5.82 Å². The third-order valence-electron chi connectivity index (χ3n) is 4.78. The standard InChI is InChI=1S/C20H21FN4O2S/c1-12-7-16(10-25(12)11-17-9-22-20(28-17)23-13(2)26)27-19-6-4-14-3-5-15(21)8-18(14)24-19/h3-6,8-9,12,16H,7,10-11H2,1-2H3,(H,22,23,26)/t12-,16+/m0/s1. The molecule has 2 aromatic heterocycles. The molecule has 1 fully saturated rings. The number of likely N-dealkylation sites (tertiary alicyclic amines) is 1. The summed E-state index contributed by atoms with van der Waals surface area (Å²) in [6, 6.07) is 8.64. The van der Waals surface area contributed by atoms with Crippen molar-refractivity contribution in [1.82, 2.24) is 14.9 Å². The molecule has 3 heterocycles. The third-order valence-corrected chi connectivity index (χ3v) is 5.67. The van der Waals surface area contributed by atoms with Crippen molar-refractivity contribution in [2.75, 3.05) is 11.9 Å². The number of carbonyl (C=O) groups excluding carboxylic acids is 1. The van der Waals surface area contributed by atoms with Crippen molar-refractivity contribution in [2.24, 2.45) is 0 Å². The maximum absolute atomic E-state index is 13.4. The van der Waals surface area contributed by atoms with Crippen molar-refractivity contribution in [1.29, 1.82) is 0 Å². The molecule has 2 atom stereocenters. The van der Waals surface area contributed by atoms with Crippen molar-refractivity contribution in [3.05, 3.63) is 47.2 Å². The third kappa shape index (κ3) is 4.28. The predicted octanol–water partition coefficient (Wildman–Crippen LogP) is 3.83. The van der Waals surface area contributed by atoms with Crippen LogP contribution in [0.4, 0.5) is 9.52 Å². The molecule has 28 heavy (non-hydrogen) atoms. The maximum atomic E-state index is 13.4. The lowest BCUT2D eigenvalue weighted by atomic mass is 10.2. The molecule has 0 unspecified atom stereocenters. The summed E-state index contributed by atoms with van der Waals surface area (Å²) in [5, 5.41) is 4.22. The summed E-state index contributed by atoms with van der Waals surface area (Å²) >= 11 is 1.48. The highest BCUT2D eigenvalue weighted by Crippen LogP contribution is 2.27. The molecule has 6 nitrogen and oxygen atoms in total. The topological polar surface area (TPSA) is 67.4 Å². The highest BCUT2D eigenvalue weighted by atomic mass is 32.1. The van der Waals surface area contributed by atoms with E-state index in [4.69, 9.17) is 4.74 Å². The number of hydrogen-bond acceptors (Lipinski definition) is 6. The number of nitrogens with one attached hydrogen (secondary N) is 1. The lowest BCUT2D eigenvalue weighted by Crippen LogP contribution is -2.27. The lowest BCUT2D eigenvalue weighted by molar-refractivity contribution is -0.114. The largest absolute Gasteiger partial charge is 0.473 e. The first-order valence-electron chi connectivity index (χ1n) is 9.15. The van der Waals surface area contributed by atoms with E-state index in [-0.39, 0.29) is 17.8 Å². The zero-order valence-electron chi connectivity index (χ0n) is 15.7. The fourth-order valence-electron chi connectivity index (χ4n) is 3.45. The lowest BCUT2D eigenvalue weighted by Gasteiger charge is -2.19. The number of fused-ring (bicyclic) bond motifs is 1. The van der Waals surface area contributed by atoms with Crippen LogP contribution in [0.3, 0.4) is 0 Å². The van der Waals surface area contributed by atoms with Crippen molar-refractivity contribution in [2.45, 2.75) is 39.0 Å². The Balaban J connectivity index is 1.39. The molecule has 1 saturated heterocycles. The quantitative estimate of drug-likeness (QED) is 0.705. The van der Waals surface area contributed by atoms with E-state index in [1.54, 1.807) is 12.3 Å². The first-order valence-corrected chi connectivity index (χ1v) is 9.97. The molecule has 0 aliphatic carbocycles. The molecule has 8 heteroatoms. The fourth-order valence-corrected chi connectivity index (χ4v) is 4.33. The predicted molar refractivity (Wildman–Crippen MR) is 107 cm³/mol. The summed E-state index contributed by atoms with van der Waals surface area (Å²) < 4.78 is 19.5. The number of amides is 1. The summed E-state index contributed by atoms with van der Waals surface area (Å²) in [6.07, 6.45) is 2.72. The van der Waals surface area contributed by atoms with Crippen LogP contribution < -0.4 is 10.1 Å². The number of thiazole rings is 1. The highest BCUT2D eigenvalue weighted by Gasteiger charge is 2.31. The number of halogens is 1. The van der Waals surface area contributed by atoms with Gasteiger partial charge in [-0.15, -0.1) is 11.3 Å². The number of benzene rings is 1. The first kappa shape index (κ1) is 18.8. The first-order chi connectivity index (χ1) is 13.5. The number of hydrogen-bond donors (Lipinski definition) is 1. The van der Waals surface area contributed by atoms with Crippen LogP contribution in [0.25, 0.3) is 10.9 Å². The minimum atomic E-state index is -0.305. The Bertz CT molecular complexity index is 1010. The Morgan fingerprint density at radius 3 is 3.04 bits per heavy atom. The molecular weight excluding hydrogens is 379 g/mol. The molecule has 0 bridgehead atoms. The van der Waals surface area contributed by atoms with Crippen LogP contribution in [0.1, 0.15) is 25.1 Å². The molecule has 1 aliphatic rings. The van der Waals surface area contributed by atoms with Gasteiger partial charge in [0.2, 0.25) is 11.8 Å². The average molecular weight is 400 g/mol. The molecule has 0 spiro atoms. The van der Waals surface area contributed by atoms with E-state index in [9.17, 15) is 9.18 Å². The van der Waals surface area contributed by atoms with Crippen LogP contribution >= 0.6 is 11.3 Å². The number of pyridine rings is 1. The molecule has 146 valence electrons. The van der Waals surface area contributed by atoms with Crippen molar-refractivity contribution in [3.8, 4) is 5.88 Å². The summed E-state index contributed by atoms with van der Waals surface area (Å²) in [4.78, 5) is 23.2. The Morgan fingerprint density at radius 2 is 2.21 bits per heavy atom. The summed E-state index contributed by atoms with van der Waals surface area (Å²) in [6.45, 7) is 5.18. The molecule has 1 amide bonds. The molecule has 1 N–H and O–H groups in total. The van der Waals surface area contributed by atoms with Crippen molar-refractivity contribution in [3.63, 3.8) is 0 Å². The Labute approximate surface area is 166 Å². The van der Waals surface area contributed by atoms with E-state index >= 15 is 0 Å². The van der Waals surface area contributed by atoms with Crippen LogP contribution in [-0.4, -0.2) is 39.5 Å². The highest BCUT2D eigenvalue weighted by molar-refractivity contribution is 7.15. The minimum absolute atomic E-state index is 0.0243. The molecule has 1 aromatic carbocycles. The van der Waals surface area contributed by atoms with E-state index in [1.165, 1.54) is 30.4 Å². The van der Waals surface area contributed by atoms with E-state index in [0.29, 0.717) is 22.6 Å². The van der Waals surface area contributed by atoms with Gasteiger partial charge in [0.1, 0.15) is 11.9 Å². The molecule has 4 rings (SSSR count). The zero-order valence-corrected chi connectivity index (χ0v) is 16.5. The van der Waals surface area contributed by atoms with E-state index < -0.39 is 0 Å². The second-order valence-corrected chi connectivity index (χ2v) is 8.17. The smallest absolute Gasteiger partial charge is 0.223 e. The average Bonchev–Trinajstić information content (AvgIpc) is 3.20. The Morgan fingerprint density at radius 1 is 1.39 bits per heavy atom. The molecule has 3 aromatic rings. The van der Waals surface area contributed by atoms with Crippen LogP contribution in [0.5, 0.6) is 5.88 Å².